The number of esters is 1. The third-order valence-corrected chi connectivity index (χ3v) is 4.54. The molecule has 0 aromatic carbocycles. The number of ether oxygens (including phenoxy) is 1. The quantitative estimate of drug-likeness (QED) is 0.422. The van der Waals surface area contributed by atoms with E-state index < -0.39 is 28.8 Å². The molecule has 0 aromatic rings. The Morgan fingerprint density at radius 3 is 2.62 bits per heavy atom. The van der Waals surface area contributed by atoms with E-state index in [1.165, 1.54) is 0 Å². The smallest absolute Gasteiger partial charge is 0.309 e. The van der Waals surface area contributed by atoms with E-state index in [1.54, 1.807) is 20.8 Å². The second-order valence-electron chi connectivity index (χ2n) is 7.30. The van der Waals surface area contributed by atoms with E-state index in [0.29, 0.717) is 12.1 Å². The monoisotopic (exact) mass is 300 g/mol. The number of hydrogen-bond donors (Lipinski definition) is 0. The molecule has 0 aliphatic heterocycles. The van der Waals surface area contributed by atoms with Crippen LogP contribution < -0.4 is 0 Å². The molecule has 2 saturated carbocycles. The molecule has 6 heteroatoms. The standard InChI is InChI=1S/C15H22F2N2O2/c1-13(2,3)21-12(20)10-4-6-14(8-10)9-11(19-18)5-7-15(14,16)17/h10H,4-9H2,1-3H3. The molecule has 0 aromatic heterocycles. The van der Waals surface area contributed by atoms with Gasteiger partial charge in [-0.3, -0.25) is 4.79 Å². The van der Waals surface area contributed by atoms with Crippen molar-refractivity contribution < 1.29 is 23.1 Å². The lowest BCUT2D eigenvalue weighted by molar-refractivity contribution is -0.163. The Bertz CT molecular complexity index is 492. The maximum Gasteiger partial charge on any atom is 0.309 e. The molecule has 2 unspecified atom stereocenters. The fraction of sp³-hybridized carbons (Fsp3) is 0.867. The highest BCUT2D eigenvalue weighted by Gasteiger charge is 2.61. The highest BCUT2D eigenvalue weighted by atomic mass is 19.3. The Kier molecular flexibility index (Phi) is 3.96. The average Bonchev–Trinajstić information content (AvgIpc) is 2.77. The van der Waals surface area contributed by atoms with Crippen LogP contribution in [-0.4, -0.2) is 28.0 Å². The third-order valence-electron chi connectivity index (χ3n) is 4.54. The van der Waals surface area contributed by atoms with Crippen LogP contribution in [0.3, 0.4) is 0 Å². The van der Waals surface area contributed by atoms with Gasteiger partial charge < -0.3 is 10.3 Å². The normalized spacial score (nSPS) is 32.0. The van der Waals surface area contributed by atoms with Crippen molar-refractivity contribution in [1.82, 2.24) is 0 Å². The van der Waals surface area contributed by atoms with E-state index in [0.717, 1.165) is 0 Å². The lowest BCUT2D eigenvalue weighted by Crippen LogP contribution is -2.45. The molecule has 2 atom stereocenters. The van der Waals surface area contributed by atoms with Gasteiger partial charge in [-0.25, -0.2) is 8.78 Å². The molecule has 0 saturated heterocycles. The van der Waals surface area contributed by atoms with Crippen molar-refractivity contribution in [2.75, 3.05) is 0 Å². The average molecular weight is 300 g/mol. The van der Waals surface area contributed by atoms with Gasteiger partial charge in [-0.2, -0.15) is 4.79 Å². The Hall–Kier alpha value is -1.29. The highest BCUT2D eigenvalue weighted by Crippen LogP contribution is 2.58. The van der Waals surface area contributed by atoms with Gasteiger partial charge >= 0.3 is 5.97 Å². The van der Waals surface area contributed by atoms with Crippen LogP contribution in [0.5, 0.6) is 0 Å². The molecule has 2 aliphatic carbocycles. The lowest BCUT2D eigenvalue weighted by atomic mass is 9.68. The minimum Gasteiger partial charge on any atom is -0.460 e. The van der Waals surface area contributed by atoms with Gasteiger partial charge in [0.1, 0.15) is 5.60 Å². The van der Waals surface area contributed by atoms with Crippen LogP contribution in [0.2, 0.25) is 0 Å². The van der Waals surface area contributed by atoms with E-state index in [-0.39, 0.29) is 32.1 Å². The van der Waals surface area contributed by atoms with Crippen LogP contribution in [0.15, 0.2) is 0 Å². The van der Waals surface area contributed by atoms with Crippen LogP contribution in [-0.2, 0) is 9.53 Å². The summed E-state index contributed by atoms with van der Waals surface area (Å²) in [5.74, 6) is -3.71. The number of rotatable bonds is 1. The van der Waals surface area contributed by atoms with Crippen molar-refractivity contribution in [3.8, 4) is 0 Å². The summed E-state index contributed by atoms with van der Waals surface area (Å²) in [6.45, 7) is 5.30. The zero-order valence-corrected chi connectivity index (χ0v) is 12.8. The fourth-order valence-corrected chi connectivity index (χ4v) is 3.47. The largest absolute Gasteiger partial charge is 0.460 e. The van der Waals surface area contributed by atoms with E-state index >= 15 is 0 Å². The van der Waals surface area contributed by atoms with Crippen molar-refractivity contribution >= 4 is 11.7 Å². The summed E-state index contributed by atoms with van der Waals surface area (Å²) in [6.07, 6.45) is 0.645. The molecule has 0 amide bonds. The van der Waals surface area contributed by atoms with Gasteiger partial charge in [0.05, 0.1) is 18.8 Å². The zero-order chi connectivity index (χ0) is 15.9. The predicted octanol–water partition coefficient (Wildman–Crippen LogP) is 3.60. The molecular formula is C15H22F2N2O2. The van der Waals surface area contributed by atoms with Crippen LogP contribution >= 0.6 is 0 Å². The van der Waals surface area contributed by atoms with Gasteiger partial charge in [0.15, 0.2) is 0 Å². The van der Waals surface area contributed by atoms with Gasteiger partial charge in [0.25, 0.3) is 11.6 Å². The topological polar surface area (TPSA) is 62.7 Å². The first-order valence-electron chi connectivity index (χ1n) is 7.39. The van der Waals surface area contributed by atoms with Crippen LogP contribution in [0.4, 0.5) is 8.78 Å². The summed E-state index contributed by atoms with van der Waals surface area (Å²) in [7, 11) is 0. The zero-order valence-electron chi connectivity index (χ0n) is 12.8. The van der Waals surface area contributed by atoms with Gasteiger partial charge in [-0.05, 0) is 40.0 Å². The molecule has 2 rings (SSSR count). The molecule has 0 bridgehead atoms. The lowest BCUT2D eigenvalue weighted by Gasteiger charge is -2.39. The highest BCUT2D eigenvalue weighted by molar-refractivity contribution is 5.81. The number of nitrogens with zero attached hydrogens (tertiary/aromatic N) is 2. The van der Waals surface area contributed by atoms with Crippen molar-refractivity contribution in [1.29, 1.82) is 0 Å². The summed E-state index contributed by atoms with van der Waals surface area (Å²) in [5.41, 5.74) is 7.43. The number of carbonyl (C=O) groups excluding carboxylic acids is 1. The van der Waals surface area contributed by atoms with Crippen LogP contribution in [0, 0.1) is 11.3 Å². The molecule has 1 spiro atoms. The fourth-order valence-electron chi connectivity index (χ4n) is 3.47. The maximum atomic E-state index is 14.4. The Morgan fingerprint density at radius 2 is 2.05 bits per heavy atom. The molecule has 21 heavy (non-hydrogen) atoms. The molecule has 2 aliphatic rings. The summed E-state index contributed by atoms with van der Waals surface area (Å²) >= 11 is 0. The van der Waals surface area contributed by atoms with Crippen LogP contribution in [0.1, 0.15) is 59.3 Å². The third kappa shape index (κ3) is 3.15. The van der Waals surface area contributed by atoms with Gasteiger partial charge in [0.2, 0.25) is 0 Å². The minimum absolute atomic E-state index is 0.0653. The van der Waals surface area contributed by atoms with Crippen molar-refractivity contribution in [3.05, 3.63) is 5.53 Å². The van der Waals surface area contributed by atoms with Gasteiger partial charge in [-0.1, -0.05) is 0 Å². The second-order valence-corrected chi connectivity index (χ2v) is 7.30. The van der Waals surface area contributed by atoms with E-state index in [2.05, 4.69) is 4.79 Å². The summed E-state index contributed by atoms with van der Waals surface area (Å²) in [4.78, 5) is 15.2. The molecular weight excluding hydrogens is 278 g/mol. The molecule has 118 valence electrons. The first kappa shape index (κ1) is 16.1. The number of hydrogen-bond acceptors (Lipinski definition) is 2. The summed E-state index contributed by atoms with van der Waals surface area (Å²) in [5, 5.41) is 0. The SMILES string of the molecule is CC(C)(C)OC(=O)C1CCC2(CC(=[N+]=[N-])CCC2(F)F)C1. The van der Waals surface area contributed by atoms with Crippen LogP contribution in [0.25, 0.3) is 5.53 Å². The summed E-state index contributed by atoms with van der Waals surface area (Å²) in [6, 6.07) is 0. The van der Waals surface area contributed by atoms with Crippen molar-refractivity contribution in [2.45, 2.75) is 70.8 Å². The number of carbonyl (C=O) groups is 1. The maximum absolute atomic E-state index is 14.4. The first-order chi connectivity index (χ1) is 9.59. The van der Waals surface area contributed by atoms with Gasteiger partial charge in [-0.15, -0.1) is 0 Å². The predicted molar refractivity (Wildman–Crippen MR) is 73.0 cm³/mol. The number of halogens is 2. The Morgan fingerprint density at radius 1 is 1.38 bits per heavy atom. The second kappa shape index (κ2) is 5.16. The molecule has 4 nitrogen and oxygen atoms in total. The molecule has 0 N–H and O–H groups in total. The van der Waals surface area contributed by atoms with E-state index in [4.69, 9.17) is 10.3 Å². The van der Waals surface area contributed by atoms with Crippen molar-refractivity contribution in [3.63, 3.8) is 0 Å². The minimum atomic E-state index is -2.82. The van der Waals surface area contributed by atoms with Crippen molar-refractivity contribution in [2.24, 2.45) is 11.3 Å². The molecule has 0 heterocycles. The van der Waals surface area contributed by atoms with E-state index in [9.17, 15) is 13.6 Å². The summed E-state index contributed by atoms with van der Waals surface area (Å²) < 4.78 is 34.0. The first-order valence-corrected chi connectivity index (χ1v) is 7.39. The Labute approximate surface area is 123 Å². The Balaban J connectivity index is 2.15. The molecule has 0 radical (unpaired) electrons. The van der Waals surface area contributed by atoms with Gasteiger partial charge in [0, 0.05) is 11.8 Å². The number of alkyl halides is 2. The van der Waals surface area contributed by atoms with E-state index in [1.807, 2.05) is 0 Å². The molecule has 2 fully saturated rings.